The summed E-state index contributed by atoms with van der Waals surface area (Å²) in [6.07, 6.45) is 4.40. The molecule has 3 aromatic carbocycles. The molecule has 0 radical (unpaired) electrons. The molecule has 0 fully saturated rings. The minimum atomic E-state index is 0.263. The first-order chi connectivity index (χ1) is 10.9. The average Bonchev–Trinajstić information content (AvgIpc) is 3.00. The van der Waals surface area contributed by atoms with Crippen molar-refractivity contribution in [2.24, 2.45) is 0 Å². The lowest BCUT2D eigenvalue weighted by atomic mass is 10.0. The maximum absolute atomic E-state index is 3.59. The Morgan fingerprint density at radius 1 is 0.636 bits per heavy atom. The van der Waals surface area contributed by atoms with Gasteiger partial charge >= 0.3 is 0 Å². The van der Waals surface area contributed by atoms with Crippen LogP contribution in [0, 0.1) is 0 Å². The zero-order valence-electron chi connectivity index (χ0n) is 12.2. The fourth-order valence-electron chi connectivity index (χ4n) is 2.94. The van der Waals surface area contributed by atoms with E-state index in [4.69, 9.17) is 0 Å². The van der Waals surface area contributed by atoms with Crippen molar-refractivity contribution in [1.29, 1.82) is 0 Å². The van der Waals surface area contributed by atoms with Crippen molar-refractivity contribution in [1.82, 2.24) is 0 Å². The number of benzene rings is 3. The maximum atomic E-state index is 3.59. The largest absolute Gasteiger partial charge is 0.375 e. The third-order valence-electron chi connectivity index (χ3n) is 4.11. The molecule has 0 saturated heterocycles. The number of hydrogen-bond donors (Lipinski definition) is 1. The predicted octanol–water partition coefficient (Wildman–Crippen LogP) is 5.53. The first kappa shape index (κ1) is 12.9. The van der Waals surface area contributed by atoms with Crippen LogP contribution in [0.4, 0.5) is 5.69 Å². The summed E-state index contributed by atoms with van der Waals surface area (Å²) in [5.74, 6) is 0. The van der Waals surface area contributed by atoms with Gasteiger partial charge in [-0.1, -0.05) is 78.9 Å². The smallest absolute Gasteiger partial charge is 0.0707 e. The molecule has 1 unspecified atom stereocenters. The monoisotopic (exact) mass is 283 g/mol. The van der Waals surface area contributed by atoms with E-state index < -0.39 is 0 Å². The van der Waals surface area contributed by atoms with Gasteiger partial charge in [0.2, 0.25) is 0 Å². The van der Waals surface area contributed by atoms with Crippen LogP contribution in [-0.2, 0) is 0 Å². The summed E-state index contributed by atoms with van der Waals surface area (Å²) in [7, 11) is 0. The van der Waals surface area contributed by atoms with Crippen molar-refractivity contribution in [2.75, 3.05) is 5.32 Å². The molecule has 0 spiro atoms. The normalized spacial score (nSPS) is 15.5. The summed E-state index contributed by atoms with van der Waals surface area (Å²) in [4.78, 5) is 0. The van der Waals surface area contributed by atoms with E-state index in [0.29, 0.717) is 0 Å². The molecule has 1 atom stereocenters. The Bertz CT molecular complexity index is 801. The Kier molecular flexibility index (Phi) is 3.24. The lowest BCUT2D eigenvalue weighted by Gasteiger charge is -2.15. The Morgan fingerprint density at radius 2 is 1.32 bits per heavy atom. The molecular weight excluding hydrogens is 266 g/mol. The van der Waals surface area contributed by atoms with Crippen molar-refractivity contribution >= 4 is 11.8 Å². The molecule has 0 aromatic heterocycles. The van der Waals surface area contributed by atoms with Gasteiger partial charge in [-0.3, -0.25) is 0 Å². The summed E-state index contributed by atoms with van der Waals surface area (Å²) in [6.45, 7) is 0. The maximum Gasteiger partial charge on any atom is 0.0707 e. The van der Waals surface area contributed by atoms with Gasteiger partial charge in [0.1, 0.15) is 0 Å². The molecular formula is C21H17N. The van der Waals surface area contributed by atoms with Crippen LogP contribution in [-0.4, -0.2) is 0 Å². The van der Waals surface area contributed by atoms with Crippen molar-refractivity contribution in [2.45, 2.75) is 6.04 Å². The first-order valence-corrected chi connectivity index (χ1v) is 7.59. The second-order valence-electron chi connectivity index (χ2n) is 5.55. The number of fused-ring (bicyclic) bond motifs is 1. The first-order valence-electron chi connectivity index (χ1n) is 7.59. The highest BCUT2D eigenvalue weighted by atomic mass is 14.9. The van der Waals surface area contributed by atoms with Crippen LogP contribution in [0.5, 0.6) is 0 Å². The molecule has 22 heavy (non-hydrogen) atoms. The van der Waals surface area contributed by atoms with Crippen LogP contribution in [0.2, 0.25) is 0 Å². The standard InChI is InChI=1S/C21H17N/c1-2-6-16(7-3-1)17-10-13-19(14-11-17)22-21-15-12-18-8-4-5-9-20(18)21/h1-15,21-22H. The lowest BCUT2D eigenvalue weighted by molar-refractivity contribution is 1.01. The number of anilines is 1. The van der Waals surface area contributed by atoms with Gasteiger partial charge in [-0.05, 0) is 34.4 Å². The quantitative estimate of drug-likeness (QED) is 0.666. The molecule has 1 aliphatic carbocycles. The molecule has 0 heterocycles. The highest BCUT2D eigenvalue weighted by molar-refractivity contribution is 5.68. The molecule has 1 nitrogen and oxygen atoms in total. The second kappa shape index (κ2) is 5.53. The SMILES string of the molecule is C1=CC(Nc2ccc(-c3ccccc3)cc2)c2ccccc21. The van der Waals surface area contributed by atoms with E-state index >= 15 is 0 Å². The van der Waals surface area contributed by atoms with Gasteiger partial charge < -0.3 is 5.32 Å². The molecule has 0 saturated carbocycles. The van der Waals surface area contributed by atoms with Gasteiger partial charge in [-0.2, -0.15) is 0 Å². The van der Waals surface area contributed by atoms with Crippen molar-refractivity contribution in [3.63, 3.8) is 0 Å². The summed E-state index contributed by atoms with van der Waals surface area (Å²) >= 11 is 0. The number of rotatable bonds is 3. The van der Waals surface area contributed by atoms with Gasteiger partial charge in [0.05, 0.1) is 6.04 Å². The van der Waals surface area contributed by atoms with Crippen molar-refractivity contribution in [3.05, 3.63) is 96.1 Å². The second-order valence-corrected chi connectivity index (χ2v) is 5.55. The van der Waals surface area contributed by atoms with E-state index in [1.807, 2.05) is 6.07 Å². The highest BCUT2D eigenvalue weighted by Crippen LogP contribution is 2.31. The minimum Gasteiger partial charge on any atom is -0.375 e. The Hall–Kier alpha value is -2.80. The lowest BCUT2D eigenvalue weighted by Crippen LogP contribution is -2.06. The zero-order valence-corrected chi connectivity index (χ0v) is 12.2. The van der Waals surface area contributed by atoms with Gasteiger partial charge in [0.15, 0.2) is 0 Å². The van der Waals surface area contributed by atoms with Crippen LogP contribution in [0.15, 0.2) is 84.9 Å². The molecule has 4 rings (SSSR count). The van der Waals surface area contributed by atoms with Crippen LogP contribution in [0.1, 0.15) is 17.2 Å². The zero-order chi connectivity index (χ0) is 14.8. The number of hydrogen-bond acceptors (Lipinski definition) is 1. The van der Waals surface area contributed by atoms with Crippen molar-refractivity contribution < 1.29 is 0 Å². The minimum absolute atomic E-state index is 0.263. The Labute approximate surface area is 130 Å². The van der Waals surface area contributed by atoms with E-state index in [0.717, 1.165) is 5.69 Å². The summed E-state index contributed by atoms with van der Waals surface area (Å²) < 4.78 is 0. The van der Waals surface area contributed by atoms with Crippen LogP contribution in [0.3, 0.4) is 0 Å². The van der Waals surface area contributed by atoms with Gasteiger partial charge in [0.25, 0.3) is 0 Å². The van der Waals surface area contributed by atoms with E-state index in [1.54, 1.807) is 0 Å². The molecule has 0 amide bonds. The third-order valence-corrected chi connectivity index (χ3v) is 4.11. The van der Waals surface area contributed by atoms with Gasteiger partial charge in [-0.25, -0.2) is 0 Å². The third kappa shape index (κ3) is 2.42. The summed E-state index contributed by atoms with van der Waals surface area (Å²) in [6, 6.07) is 27.9. The average molecular weight is 283 g/mol. The van der Waals surface area contributed by atoms with Gasteiger partial charge in [0, 0.05) is 5.69 Å². The van der Waals surface area contributed by atoms with E-state index in [9.17, 15) is 0 Å². The predicted molar refractivity (Wildman–Crippen MR) is 93.7 cm³/mol. The number of nitrogens with one attached hydrogen (secondary N) is 1. The molecule has 3 aromatic rings. The Balaban J connectivity index is 1.55. The highest BCUT2D eigenvalue weighted by Gasteiger charge is 2.15. The van der Waals surface area contributed by atoms with E-state index in [2.05, 4.69) is 90.3 Å². The molecule has 0 bridgehead atoms. The van der Waals surface area contributed by atoms with E-state index in [-0.39, 0.29) is 6.04 Å². The Morgan fingerprint density at radius 3 is 2.14 bits per heavy atom. The fraction of sp³-hybridized carbons (Fsp3) is 0.0476. The topological polar surface area (TPSA) is 12.0 Å². The van der Waals surface area contributed by atoms with Crippen LogP contribution >= 0.6 is 0 Å². The van der Waals surface area contributed by atoms with Crippen molar-refractivity contribution in [3.8, 4) is 11.1 Å². The van der Waals surface area contributed by atoms with Gasteiger partial charge in [-0.15, -0.1) is 0 Å². The van der Waals surface area contributed by atoms with Crippen LogP contribution in [0.25, 0.3) is 17.2 Å². The fourth-order valence-corrected chi connectivity index (χ4v) is 2.94. The molecule has 0 aliphatic heterocycles. The molecule has 1 N–H and O–H groups in total. The van der Waals surface area contributed by atoms with Crippen LogP contribution < -0.4 is 5.32 Å². The molecule has 1 heteroatoms. The summed E-state index contributed by atoms with van der Waals surface area (Å²) in [5, 5.41) is 3.59. The van der Waals surface area contributed by atoms with E-state index in [1.165, 1.54) is 22.3 Å². The summed E-state index contributed by atoms with van der Waals surface area (Å²) in [5.41, 5.74) is 6.29. The molecule has 106 valence electrons. The molecule has 1 aliphatic rings.